The summed E-state index contributed by atoms with van der Waals surface area (Å²) in [6.07, 6.45) is 3.14. The highest BCUT2D eigenvalue weighted by Crippen LogP contribution is 2.21. The molecule has 2 amide bonds. The monoisotopic (exact) mass is 473 g/mol. The minimum atomic E-state index is -0.280. The van der Waals surface area contributed by atoms with Crippen molar-refractivity contribution in [3.8, 4) is 5.75 Å². The summed E-state index contributed by atoms with van der Waals surface area (Å²) in [5.74, 6) is 1.06. The van der Waals surface area contributed by atoms with E-state index in [1.807, 2.05) is 17.0 Å². The SMILES string of the molecule is COc1ccc(N2CCN(C(=O)CCCCCNC(=O)CSc3ccc(F)cc3)CC2)cc1. The van der Waals surface area contributed by atoms with Crippen LogP contribution in [0.2, 0.25) is 0 Å². The van der Waals surface area contributed by atoms with Gasteiger partial charge in [0.15, 0.2) is 0 Å². The Labute approximate surface area is 199 Å². The van der Waals surface area contributed by atoms with Crippen molar-refractivity contribution in [3.63, 3.8) is 0 Å². The van der Waals surface area contributed by atoms with Crippen LogP contribution in [0, 0.1) is 5.82 Å². The molecule has 0 saturated carbocycles. The highest BCUT2D eigenvalue weighted by molar-refractivity contribution is 8.00. The fraction of sp³-hybridized carbons (Fsp3) is 0.440. The molecule has 0 radical (unpaired) electrons. The predicted molar refractivity (Wildman–Crippen MR) is 130 cm³/mol. The van der Waals surface area contributed by atoms with Gasteiger partial charge in [-0.3, -0.25) is 9.59 Å². The molecule has 0 aliphatic carbocycles. The van der Waals surface area contributed by atoms with Crippen LogP contribution in [0.25, 0.3) is 0 Å². The van der Waals surface area contributed by atoms with Gasteiger partial charge in [-0.1, -0.05) is 6.42 Å². The standard InChI is InChI=1S/C25H32FN3O3S/c1-32-22-10-8-21(9-11-22)28-15-17-29(18-16-28)25(31)5-3-2-4-14-27-24(30)19-33-23-12-6-20(26)7-13-23/h6-13H,2-5,14-19H2,1H3,(H,27,30). The summed E-state index contributed by atoms with van der Waals surface area (Å²) in [5, 5.41) is 2.90. The highest BCUT2D eigenvalue weighted by atomic mass is 32.2. The number of ether oxygens (including phenoxy) is 1. The lowest BCUT2D eigenvalue weighted by Gasteiger charge is -2.36. The summed E-state index contributed by atoms with van der Waals surface area (Å²) >= 11 is 1.39. The summed E-state index contributed by atoms with van der Waals surface area (Å²) in [6.45, 7) is 3.76. The number of benzene rings is 2. The van der Waals surface area contributed by atoms with Crippen LogP contribution in [0.5, 0.6) is 5.75 Å². The Bertz CT molecular complexity index is 885. The molecule has 33 heavy (non-hydrogen) atoms. The third-order valence-corrected chi connectivity index (χ3v) is 6.66. The Morgan fingerprint density at radius 1 is 0.970 bits per heavy atom. The van der Waals surface area contributed by atoms with E-state index < -0.39 is 0 Å². The van der Waals surface area contributed by atoms with Crippen molar-refractivity contribution in [2.75, 3.05) is 50.5 Å². The van der Waals surface area contributed by atoms with Crippen LogP contribution in [-0.4, -0.2) is 62.3 Å². The number of carbonyl (C=O) groups is 2. The van der Waals surface area contributed by atoms with Crippen LogP contribution in [0.4, 0.5) is 10.1 Å². The zero-order chi connectivity index (χ0) is 23.5. The van der Waals surface area contributed by atoms with Gasteiger partial charge in [-0.05, 0) is 61.4 Å². The molecule has 2 aromatic rings. The van der Waals surface area contributed by atoms with Crippen LogP contribution in [0.3, 0.4) is 0 Å². The van der Waals surface area contributed by atoms with E-state index in [2.05, 4.69) is 22.3 Å². The Balaban J connectivity index is 1.23. The highest BCUT2D eigenvalue weighted by Gasteiger charge is 2.20. The first-order valence-electron chi connectivity index (χ1n) is 11.4. The van der Waals surface area contributed by atoms with Gasteiger partial charge in [0.1, 0.15) is 11.6 Å². The fourth-order valence-corrected chi connectivity index (χ4v) is 4.43. The number of thioether (sulfide) groups is 1. The second-order valence-corrected chi connectivity index (χ2v) is 9.02. The number of anilines is 1. The molecule has 1 aliphatic rings. The summed E-state index contributed by atoms with van der Waals surface area (Å²) in [5.41, 5.74) is 1.15. The minimum Gasteiger partial charge on any atom is -0.497 e. The van der Waals surface area contributed by atoms with Gasteiger partial charge in [0.2, 0.25) is 11.8 Å². The average molecular weight is 474 g/mol. The summed E-state index contributed by atoms with van der Waals surface area (Å²) in [6, 6.07) is 14.1. The number of hydrogen-bond acceptors (Lipinski definition) is 5. The largest absolute Gasteiger partial charge is 0.497 e. The van der Waals surface area contributed by atoms with Gasteiger partial charge < -0.3 is 19.9 Å². The van der Waals surface area contributed by atoms with Crippen molar-refractivity contribution < 1.29 is 18.7 Å². The van der Waals surface area contributed by atoms with E-state index in [1.165, 1.54) is 23.9 Å². The molecule has 1 aliphatic heterocycles. The zero-order valence-corrected chi connectivity index (χ0v) is 19.9. The molecule has 8 heteroatoms. The molecule has 178 valence electrons. The Kier molecular flexibility index (Phi) is 9.87. The van der Waals surface area contributed by atoms with E-state index in [-0.39, 0.29) is 17.6 Å². The molecule has 0 spiro atoms. The minimum absolute atomic E-state index is 0.0323. The number of nitrogens with zero attached hydrogens (tertiary/aromatic N) is 2. The van der Waals surface area contributed by atoms with Gasteiger partial charge in [-0.25, -0.2) is 4.39 Å². The van der Waals surface area contributed by atoms with Gasteiger partial charge in [-0.2, -0.15) is 0 Å². The smallest absolute Gasteiger partial charge is 0.230 e. The number of rotatable bonds is 11. The second-order valence-electron chi connectivity index (χ2n) is 7.97. The lowest BCUT2D eigenvalue weighted by Crippen LogP contribution is -2.48. The third-order valence-electron chi connectivity index (χ3n) is 5.64. The van der Waals surface area contributed by atoms with Crippen LogP contribution >= 0.6 is 11.8 Å². The summed E-state index contributed by atoms with van der Waals surface area (Å²) in [7, 11) is 1.66. The average Bonchev–Trinajstić information content (AvgIpc) is 2.85. The molecular formula is C25H32FN3O3S. The molecule has 1 fully saturated rings. The van der Waals surface area contributed by atoms with E-state index >= 15 is 0 Å². The van der Waals surface area contributed by atoms with E-state index in [0.717, 1.165) is 61.8 Å². The maximum atomic E-state index is 12.9. The van der Waals surface area contributed by atoms with Crippen molar-refractivity contribution in [2.45, 2.75) is 30.6 Å². The Hall–Kier alpha value is -2.74. The van der Waals surface area contributed by atoms with Crippen molar-refractivity contribution in [1.82, 2.24) is 10.2 Å². The number of hydrogen-bond donors (Lipinski definition) is 1. The molecule has 0 aromatic heterocycles. The first kappa shape index (κ1) is 24.9. The molecule has 1 N–H and O–H groups in total. The molecule has 1 saturated heterocycles. The third kappa shape index (κ3) is 8.28. The van der Waals surface area contributed by atoms with E-state index in [9.17, 15) is 14.0 Å². The fourth-order valence-electron chi connectivity index (χ4n) is 3.70. The quantitative estimate of drug-likeness (QED) is 0.396. The van der Waals surface area contributed by atoms with Gasteiger partial charge in [0, 0.05) is 49.7 Å². The van der Waals surface area contributed by atoms with Crippen molar-refractivity contribution in [3.05, 3.63) is 54.3 Å². The topological polar surface area (TPSA) is 61.9 Å². The zero-order valence-electron chi connectivity index (χ0n) is 19.1. The lowest BCUT2D eigenvalue weighted by molar-refractivity contribution is -0.131. The van der Waals surface area contributed by atoms with Gasteiger partial charge in [0.25, 0.3) is 0 Å². The number of amides is 2. The van der Waals surface area contributed by atoms with Crippen molar-refractivity contribution in [1.29, 1.82) is 0 Å². The number of methoxy groups -OCH3 is 1. The van der Waals surface area contributed by atoms with Gasteiger partial charge in [0.05, 0.1) is 12.9 Å². The van der Waals surface area contributed by atoms with Gasteiger partial charge >= 0.3 is 0 Å². The first-order chi connectivity index (χ1) is 16.0. The van der Waals surface area contributed by atoms with E-state index in [0.29, 0.717) is 18.7 Å². The lowest BCUT2D eigenvalue weighted by atomic mass is 10.1. The molecule has 6 nitrogen and oxygen atoms in total. The Morgan fingerprint density at radius 3 is 2.33 bits per heavy atom. The molecule has 1 heterocycles. The summed E-state index contributed by atoms with van der Waals surface area (Å²) in [4.78, 5) is 29.5. The normalized spacial score (nSPS) is 13.6. The molecular weight excluding hydrogens is 441 g/mol. The van der Waals surface area contributed by atoms with Gasteiger partial charge in [-0.15, -0.1) is 11.8 Å². The van der Waals surface area contributed by atoms with E-state index in [4.69, 9.17) is 4.74 Å². The summed E-state index contributed by atoms with van der Waals surface area (Å²) < 4.78 is 18.1. The number of piperazine rings is 1. The molecule has 0 bridgehead atoms. The van der Waals surface area contributed by atoms with Crippen LogP contribution in [0.15, 0.2) is 53.4 Å². The van der Waals surface area contributed by atoms with Crippen LogP contribution in [0.1, 0.15) is 25.7 Å². The predicted octanol–water partition coefficient (Wildman–Crippen LogP) is 3.95. The first-order valence-corrected chi connectivity index (χ1v) is 12.4. The molecule has 2 aromatic carbocycles. The maximum absolute atomic E-state index is 12.9. The molecule has 3 rings (SSSR count). The Morgan fingerprint density at radius 2 is 1.67 bits per heavy atom. The number of halogens is 1. The number of unbranched alkanes of at least 4 members (excludes halogenated alkanes) is 2. The molecule has 0 atom stereocenters. The number of carbonyl (C=O) groups excluding carboxylic acids is 2. The van der Waals surface area contributed by atoms with E-state index in [1.54, 1.807) is 19.2 Å². The van der Waals surface area contributed by atoms with Crippen molar-refractivity contribution >= 4 is 29.3 Å². The van der Waals surface area contributed by atoms with Crippen LogP contribution in [-0.2, 0) is 9.59 Å². The molecule has 0 unspecified atom stereocenters. The van der Waals surface area contributed by atoms with Crippen LogP contribution < -0.4 is 15.0 Å². The van der Waals surface area contributed by atoms with Crippen molar-refractivity contribution in [2.24, 2.45) is 0 Å². The second kappa shape index (κ2) is 13.1. The number of nitrogens with one attached hydrogen (secondary N) is 1. The maximum Gasteiger partial charge on any atom is 0.230 e.